The summed E-state index contributed by atoms with van der Waals surface area (Å²) < 4.78 is 28.1. The van der Waals surface area contributed by atoms with Crippen LogP contribution in [-0.2, 0) is 10.2 Å². The Balaban J connectivity index is 1.72. The molecule has 2 fully saturated rings. The summed E-state index contributed by atoms with van der Waals surface area (Å²) in [5, 5.41) is 3.39. The van der Waals surface area contributed by atoms with Crippen molar-refractivity contribution in [1.29, 1.82) is 0 Å². The highest BCUT2D eigenvalue weighted by Crippen LogP contribution is 2.32. The van der Waals surface area contributed by atoms with Gasteiger partial charge in [-0.1, -0.05) is 29.9 Å². The van der Waals surface area contributed by atoms with Gasteiger partial charge in [0.15, 0.2) is 5.13 Å². The number of urea groups is 1. The molecule has 1 N–H and O–H groups in total. The molecule has 1 aliphatic carbocycles. The van der Waals surface area contributed by atoms with Gasteiger partial charge in [-0.2, -0.15) is 17.0 Å². The number of carbonyl (C=O) groups is 1. The molecule has 1 aromatic heterocycles. The topological polar surface area (TPSA) is 85.9 Å². The number of carbonyl (C=O) groups excluding carboxylic acids is 1. The molecule has 8 nitrogen and oxygen atoms in total. The van der Waals surface area contributed by atoms with Crippen LogP contribution in [0.4, 0.5) is 9.93 Å². The predicted octanol–water partition coefficient (Wildman–Crippen LogP) is 3.48. The van der Waals surface area contributed by atoms with Gasteiger partial charge in [0.25, 0.3) is 10.2 Å². The predicted molar refractivity (Wildman–Crippen MR) is 117 cm³/mol. The first-order valence-corrected chi connectivity index (χ1v) is 12.7. The first-order chi connectivity index (χ1) is 13.7. The Kier molecular flexibility index (Phi) is 7.42. The maximum Gasteiger partial charge on any atom is 0.324 e. The molecule has 1 aromatic rings. The molecule has 0 aromatic carbocycles. The summed E-state index contributed by atoms with van der Waals surface area (Å²) in [5.74, 6) is 0.681. The number of amides is 2. The van der Waals surface area contributed by atoms with Crippen molar-refractivity contribution in [2.24, 2.45) is 5.92 Å². The number of thiazole rings is 1. The Morgan fingerprint density at radius 3 is 2.28 bits per heavy atom. The Hall–Kier alpha value is -0.940. The maximum atomic E-state index is 13.2. The normalized spacial score (nSPS) is 24.6. The summed E-state index contributed by atoms with van der Waals surface area (Å²) in [4.78, 5) is 19.3. The number of anilines is 1. The van der Waals surface area contributed by atoms with Gasteiger partial charge in [-0.3, -0.25) is 5.32 Å². The summed E-state index contributed by atoms with van der Waals surface area (Å²) in [7, 11) is -0.332. The molecule has 29 heavy (non-hydrogen) atoms. The van der Waals surface area contributed by atoms with Crippen molar-refractivity contribution in [3.8, 4) is 0 Å². The summed E-state index contributed by atoms with van der Waals surface area (Å²) >= 11 is 7.18. The molecule has 1 saturated heterocycles. The number of nitrogens with zero attached hydrogens (tertiary/aromatic N) is 4. The van der Waals surface area contributed by atoms with Crippen molar-refractivity contribution >= 4 is 44.3 Å². The van der Waals surface area contributed by atoms with Crippen LogP contribution < -0.4 is 5.32 Å². The lowest BCUT2D eigenvalue weighted by Gasteiger charge is -2.44. The molecule has 1 aliphatic heterocycles. The minimum Gasteiger partial charge on any atom is -0.318 e. The second-order valence-electron chi connectivity index (χ2n) is 8.14. The van der Waals surface area contributed by atoms with Crippen molar-refractivity contribution in [3.05, 3.63) is 10.5 Å². The first-order valence-electron chi connectivity index (χ1n) is 10.1. The smallest absolute Gasteiger partial charge is 0.318 e. The van der Waals surface area contributed by atoms with Gasteiger partial charge in [0.05, 0.1) is 6.20 Å². The third-order valence-electron chi connectivity index (χ3n) is 5.91. The molecule has 1 saturated carbocycles. The monoisotopic (exact) mass is 463 g/mol. The minimum absolute atomic E-state index is 0.0115. The van der Waals surface area contributed by atoms with E-state index in [-0.39, 0.29) is 18.1 Å². The molecular weight excluding hydrogens is 434 g/mol. The van der Waals surface area contributed by atoms with Crippen LogP contribution >= 0.6 is 22.9 Å². The van der Waals surface area contributed by atoms with E-state index in [0.717, 1.165) is 25.7 Å². The maximum absolute atomic E-state index is 13.2. The van der Waals surface area contributed by atoms with Crippen LogP contribution in [0.25, 0.3) is 0 Å². The highest BCUT2D eigenvalue weighted by molar-refractivity contribution is 7.86. The van der Waals surface area contributed by atoms with Gasteiger partial charge in [0.1, 0.15) is 4.34 Å². The van der Waals surface area contributed by atoms with E-state index in [2.05, 4.69) is 17.2 Å². The van der Waals surface area contributed by atoms with Gasteiger partial charge >= 0.3 is 6.03 Å². The lowest BCUT2D eigenvalue weighted by atomic mass is 9.85. The Morgan fingerprint density at radius 1 is 1.17 bits per heavy atom. The second-order valence-corrected chi connectivity index (χ2v) is 11.9. The Labute approximate surface area is 182 Å². The van der Waals surface area contributed by atoms with Gasteiger partial charge in [-0.15, -0.1) is 0 Å². The average Bonchev–Trinajstić information content (AvgIpc) is 3.08. The lowest BCUT2D eigenvalue weighted by molar-refractivity contribution is 0.0971. The van der Waals surface area contributed by atoms with Crippen LogP contribution in [0.1, 0.15) is 45.4 Å². The quantitative estimate of drug-likeness (QED) is 0.724. The minimum atomic E-state index is -3.42. The first kappa shape index (κ1) is 22.7. The SMILES string of the molecule is CC1CCC(N(C(=O)Nc2ncc(Cl)s2)C2CCN(S(=O)(=O)N(C)C)CC2)CC1. The summed E-state index contributed by atoms with van der Waals surface area (Å²) in [6.07, 6.45) is 6.94. The summed E-state index contributed by atoms with van der Waals surface area (Å²) in [6, 6.07) is 0.0191. The molecule has 2 amide bonds. The van der Waals surface area contributed by atoms with Gasteiger partial charge in [-0.25, -0.2) is 9.78 Å². The fraction of sp³-hybridized carbons (Fsp3) is 0.778. The Morgan fingerprint density at radius 2 is 1.76 bits per heavy atom. The molecule has 0 bridgehead atoms. The van der Waals surface area contributed by atoms with E-state index in [1.165, 1.54) is 26.1 Å². The number of nitrogens with one attached hydrogen (secondary N) is 1. The van der Waals surface area contributed by atoms with Crippen molar-refractivity contribution in [1.82, 2.24) is 18.5 Å². The third kappa shape index (κ3) is 5.41. The van der Waals surface area contributed by atoms with Gasteiger partial charge in [0, 0.05) is 39.3 Å². The van der Waals surface area contributed by atoms with E-state index in [0.29, 0.717) is 41.3 Å². The van der Waals surface area contributed by atoms with E-state index in [1.54, 1.807) is 14.1 Å². The molecule has 3 rings (SSSR count). The van der Waals surface area contributed by atoms with Gasteiger partial charge in [-0.05, 0) is 44.4 Å². The van der Waals surface area contributed by atoms with E-state index >= 15 is 0 Å². The molecular formula is C18H30ClN5O3S2. The van der Waals surface area contributed by atoms with E-state index < -0.39 is 10.2 Å². The van der Waals surface area contributed by atoms with Crippen molar-refractivity contribution < 1.29 is 13.2 Å². The molecule has 0 radical (unpaired) electrons. The average molecular weight is 464 g/mol. The van der Waals surface area contributed by atoms with Crippen LogP contribution in [0.15, 0.2) is 6.20 Å². The van der Waals surface area contributed by atoms with Gasteiger partial charge in [0.2, 0.25) is 0 Å². The van der Waals surface area contributed by atoms with Crippen LogP contribution in [0.3, 0.4) is 0 Å². The zero-order chi connectivity index (χ0) is 21.2. The second kappa shape index (κ2) is 9.47. The number of aromatic nitrogens is 1. The number of hydrogen-bond acceptors (Lipinski definition) is 5. The fourth-order valence-electron chi connectivity index (χ4n) is 4.20. The number of rotatable bonds is 5. The highest BCUT2D eigenvalue weighted by Gasteiger charge is 2.37. The van der Waals surface area contributed by atoms with Crippen LogP contribution in [-0.4, -0.2) is 72.2 Å². The van der Waals surface area contributed by atoms with Crippen molar-refractivity contribution in [3.63, 3.8) is 0 Å². The molecule has 0 spiro atoms. The highest BCUT2D eigenvalue weighted by atomic mass is 35.5. The number of hydrogen-bond donors (Lipinski definition) is 1. The largest absolute Gasteiger partial charge is 0.324 e. The van der Waals surface area contributed by atoms with Crippen LogP contribution in [0, 0.1) is 5.92 Å². The third-order valence-corrected chi connectivity index (χ3v) is 8.88. The molecule has 0 unspecified atom stereocenters. The molecule has 2 aliphatic rings. The van der Waals surface area contributed by atoms with E-state index in [9.17, 15) is 13.2 Å². The number of piperidine rings is 1. The summed E-state index contributed by atoms with van der Waals surface area (Å²) in [5.41, 5.74) is 0. The molecule has 11 heteroatoms. The standard InChI is InChI=1S/C18H30ClN5O3S2/c1-13-4-6-14(7-5-13)24(18(25)21-17-20-12-16(19)28-17)15-8-10-23(11-9-15)29(26,27)22(2)3/h12-15H,4-11H2,1-3H3,(H,20,21,25). The molecule has 2 heterocycles. The van der Waals surface area contributed by atoms with E-state index in [4.69, 9.17) is 11.6 Å². The Bertz CT molecular complexity index is 800. The zero-order valence-electron chi connectivity index (χ0n) is 17.2. The molecule has 0 atom stereocenters. The van der Waals surface area contributed by atoms with Crippen LogP contribution in [0.5, 0.6) is 0 Å². The van der Waals surface area contributed by atoms with Crippen LogP contribution in [0.2, 0.25) is 4.34 Å². The molecule has 164 valence electrons. The number of halogens is 1. The lowest BCUT2D eigenvalue weighted by Crippen LogP contribution is -2.55. The van der Waals surface area contributed by atoms with Gasteiger partial charge < -0.3 is 4.90 Å². The zero-order valence-corrected chi connectivity index (χ0v) is 19.6. The fourth-order valence-corrected chi connectivity index (χ4v) is 6.14. The summed E-state index contributed by atoms with van der Waals surface area (Å²) in [6.45, 7) is 3.09. The van der Waals surface area contributed by atoms with E-state index in [1.807, 2.05) is 4.90 Å². The van der Waals surface area contributed by atoms with Crippen molar-refractivity contribution in [2.45, 2.75) is 57.5 Å². The van der Waals surface area contributed by atoms with Crippen molar-refractivity contribution in [2.75, 3.05) is 32.5 Å².